The number of rotatable bonds is 5. The topological polar surface area (TPSA) is 46.0 Å². The summed E-state index contributed by atoms with van der Waals surface area (Å²) in [5, 5.41) is 12.5. The monoisotopic (exact) mass is 285 g/mol. The normalized spacial score (nSPS) is 19.8. The number of aromatic nitrogens is 3. The molecule has 21 heavy (non-hydrogen) atoms. The van der Waals surface area contributed by atoms with E-state index in [1.165, 1.54) is 19.4 Å². The van der Waals surface area contributed by atoms with Crippen LogP contribution < -0.4 is 5.32 Å². The smallest absolute Gasteiger partial charge is 0.0969 e. The molecular formula is C16H23N5. The van der Waals surface area contributed by atoms with Crippen molar-refractivity contribution >= 4 is 0 Å². The van der Waals surface area contributed by atoms with E-state index < -0.39 is 0 Å². The number of hydrogen-bond acceptors (Lipinski definition) is 4. The molecule has 0 aliphatic carbocycles. The first kappa shape index (κ1) is 14.2. The average Bonchev–Trinajstić information content (AvgIpc) is 3.03. The van der Waals surface area contributed by atoms with Crippen LogP contribution in [0.4, 0.5) is 0 Å². The van der Waals surface area contributed by atoms with E-state index in [0.717, 1.165) is 31.0 Å². The van der Waals surface area contributed by atoms with Gasteiger partial charge in [0.15, 0.2) is 0 Å². The van der Waals surface area contributed by atoms with Gasteiger partial charge in [-0.3, -0.25) is 0 Å². The number of hydrogen-bond donors (Lipinski definition) is 1. The van der Waals surface area contributed by atoms with Crippen LogP contribution in [0, 0.1) is 0 Å². The van der Waals surface area contributed by atoms with Crippen LogP contribution in [0.15, 0.2) is 36.5 Å². The SMILES string of the molecule is CCN1CCCC(NCc2cnn(-c3ccccc3)n2)C1. The first-order chi connectivity index (χ1) is 10.3. The molecule has 5 heteroatoms. The lowest BCUT2D eigenvalue weighted by Crippen LogP contribution is -2.45. The molecule has 1 aromatic heterocycles. The highest BCUT2D eigenvalue weighted by Crippen LogP contribution is 2.10. The molecule has 112 valence electrons. The molecule has 5 nitrogen and oxygen atoms in total. The van der Waals surface area contributed by atoms with E-state index in [9.17, 15) is 0 Å². The van der Waals surface area contributed by atoms with Crippen molar-refractivity contribution < 1.29 is 0 Å². The number of likely N-dealkylation sites (tertiary alicyclic amines) is 1. The van der Waals surface area contributed by atoms with E-state index in [1.54, 1.807) is 4.80 Å². The van der Waals surface area contributed by atoms with Crippen molar-refractivity contribution in [3.05, 3.63) is 42.2 Å². The summed E-state index contributed by atoms with van der Waals surface area (Å²) in [4.78, 5) is 4.19. The lowest BCUT2D eigenvalue weighted by atomic mass is 10.1. The quantitative estimate of drug-likeness (QED) is 0.910. The second-order valence-electron chi connectivity index (χ2n) is 5.57. The summed E-state index contributed by atoms with van der Waals surface area (Å²) in [7, 11) is 0. The number of para-hydroxylation sites is 1. The molecule has 3 rings (SSSR count). The fourth-order valence-electron chi connectivity index (χ4n) is 2.82. The minimum absolute atomic E-state index is 0.570. The molecule has 1 saturated heterocycles. The van der Waals surface area contributed by atoms with Crippen LogP contribution >= 0.6 is 0 Å². The van der Waals surface area contributed by atoms with Gasteiger partial charge in [-0.1, -0.05) is 25.1 Å². The summed E-state index contributed by atoms with van der Waals surface area (Å²) in [6, 6.07) is 10.6. The Morgan fingerprint density at radius 3 is 2.95 bits per heavy atom. The molecule has 0 spiro atoms. The Hall–Kier alpha value is -1.72. The lowest BCUT2D eigenvalue weighted by Gasteiger charge is -2.32. The van der Waals surface area contributed by atoms with Crippen molar-refractivity contribution in [2.75, 3.05) is 19.6 Å². The third-order valence-electron chi connectivity index (χ3n) is 4.05. The summed E-state index contributed by atoms with van der Waals surface area (Å²) in [5.74, 6) is 0. The van der Waals surface area contributed by atoms with Gasteiger partial charge in [-0.05, 0) is 38.1 Å². The Morgan fingerprint density at radius 1 is 1.29 bits per heavy atom. The largest absolute Gasteiger partial charge is 0.307 e. The number of nitrogens with one attached hydrogen (secondary N) is 1. The summed E-state index contributed by atoms with van der Waals surface area (Å²) < 4.78 is 0. The Bertz CT molecular complexity index is 551. The van der Waals surface area contributed by atoms with Crippen molar-refractivity contribution in [2.45, 2.75) is 32.4 Å². The van der Waals surface area contributed by atoms with Crippen LogP contribution in [0.5, 0.6) is 0 Å². The zero-order chi connectivity index (χ0) is 14.5. The van der Waals surface area contributed by atoms with Gasteiger partial charge >= 0.3 is 0 Å². The van der Waals surface area contributed by atoms with Crippen LogP contribution in [0.2, 0.25) is 0 Å². The fourth-order valence-corrected chi connectivity index (χ4v) is 2.82. The second-order valence-corrected chi connectivity index (χ2v) is 5.57. The van der Waals surface area contributed by atoms with Gasteiger partial charge < -0.3 is 10.2 Å². The van der Waals surface area contributed by atoms with E-state index in [0.29, 0.717) is 6.04 Å². The zero-order valence-electron chi connectivity index (χ0n) is 12.6. The van der Waals surface area contributed by atoms with Crippen molar-refractivity contribution in [1.82, 2.24) is 25.2 Å². The molecule has 1 aromatic carbocycles. The summed E-state index contributed by atoms with van der Waals surface area (Å²) in [5.41, 5.74) is 1.99. The van der Waals surface area contributed by atoms with Gasteiger partial charge in [-0.2, -0.15) is 15.0 Å². The minimum atomic E-state index is 0.570. The first-order valence-corrected chi connectivity index (χ1v) is 7.77. The molecule has 2 aromatic rings. The van der Waals surface area contributed by atoms with Crippen molar-refractivity contribution in [3.63, 3.8) is 0 Å². The van der Waals surface area contributed by atoms with Gasteiger partial charge in [0.1, 0.15) is 0 Å². The highest BCUT2D eigenvalue weighted by molar-refractivity contribution is 5.28. The molecular weight excluding hydrogens is 262 g/mol. The molecule has 1 aliphatic heterocycles. The Kier molecular flexibility index (Phi) is 4.62. The third-order valence-corrected chi connectivity index (χ3v) is 4.05. The van der Waals surface area contributed by atoms with Crippen LogP contribution in [-0.4, -0.2) is 45.6 Å². The van der Waals surface area contributed by atoms with Crippen LogP contribution in [0.1, 0.15) is 25.5 Å². The molecule has 1 aliphatic rings. The highest BCUT2D eigenvalue weighted by Gasteiger charge is 2.18. The summed E-state index contributed by atoms with van der Waals surface area (Å²) >= 11 is 0. The van der Waals surface area contributed by atoms with E-state index in [4.69, 9.17) is 0 Å². The first-order valence-electron chi connectivity index (χ1n) is 7.77. The van der Waals surface area contributed by atoms with E-state index in [1.807, 2.05) is 36.5 Å². The lowest BCUT2D eigenvalue weighted by molar-refractivity contribution is 0.198. The van der Waals surface area contributed by atoms with Crippen molar-refractivity contribution in [3.8, 4) is 5.69 Å². The summed E-state index contributed by atoms with van der Waals surface area (Å²) in [6.07, 6.45) is 4.38. The number of nitrogens with zero attached hydrogens (tertiary/aromatic N) is 4. The molecule has 0 amide bonds. The van der Waals surface area contributed by atoms with Gasteiger partial charge in [-0.15, -0.1) is 0 Å². The van der Waals surface area contributed by atoms with E-state index >= 15 is 0 Å². The predicted molar refractivity (Wildman–Crippen MR) is 83.3 cm³/mol. The molecule has 0 saturated carbocycles. The molecule has 1 N–H and O–H groups in total. The Labute approximate surface area is 126 Å². The van der Waals surface area contributed by atoms with Gasteiger partial charge in [0.2, 0.25) is 0 Å². The van der Waals surface area contributed by atoms with Crippen molar-refractivity contribution in [1.29, 1.82) is 0 Å². The van der Waals surface area contributed by atoms with Gasteiger partial charge in [0.05, 0.1) is 17.6 Å². The van der Waals surface area contributed by atoms with Crippen LogP contribution in [0.25, 0.3) is 5.69 Å². The Morgan fingerprint density at radius 2 is 2.14 bits per heavy atom. The fraction of sp³-hybridized carbons (Fsp3) is 0.500. The maximum absolute atomic E-state index is 4.53. The predicted octanol–water partition coefficient (Wildman–Crippen LogP) is 1.84. The summed E-state index contributed by atoms with van der Waals surface area (Å²) in [6.45, 7) is 6.54. The number of likely N-dealkylation sites (N-methyl/N-ethyl adjacent to an activating group) is 1. The number of benzene rings is 1. The van der Waals surface area contributed by atoms with Gasteiger partial charge in [0.25, 0.3) is 0 Å². The molecule has 0 bridgehead atoms. The average molecular weight is 285 g/mol. The molecule has 1 fully saturated rings. The second kappa shape index (κ2) is 6.83. The Balaban J connectivity index is 1.55. The van der Waals surface area contributed by atoms with Gasteiger partial charge in [0, 0.05) is 19.1 Å². The van der Waals surface area contributed by atoms with E-state index in [-0.39, 0.29) is 0 Å². The van der Waals surface area contributed by atoms with Crippen molar-refractivity contribution in [2.24, 2.45) is 0 Å². The minimum Gasteiger partial charge on any atom is -0.307 e. The number of piperidine rings is 1. The standard InChI is InChI=1S/C16H23N5/c1-2-20-10-6-7-14(13-20)17-11-15-12-18-21(19-15)16-8-4-3-5-9-16/h3-5,8-9,12,14,17H,2,6-7,10-11,13H2,1H3. The maximum Gasteiger partial charge on any atom is 0.0969 e. The van der Waals surface area contributed by atoms with E-state index in [2.05, 4.69) is 27.3 Å². The van der Waals surface area contributed by atoms with Crippen LogP contribution in [0.3, 0.4) is 0 Å². The maximum atomic E-state index is 4.53. The van der Waals surface area contributed by atoms with Gasteiger partial charge in [-0.25, -0.2) is 0 Å². The molecule has 2 heterocycles. The van der Waals surface area contributed by atoms with Crippen LogP contribution in [-0.2, 0) is 6.54 Å². The molecule has 0 radical (unpaired) electrons. The molecule has 1 unspecified atom stereocenters. The third kappa shape index (κ3) is 3.68. The zero-order valence-corrected chi connectivity index (χ0v) is 12.6. The highest BCUT2D eigenvalue weighted by atomic mass is 15.5. The molecule has 1 atom stereocenters.